The van der Waals surface area contributed by atoms with Crippen LogP contribution in [-0.2, 0) is 0 Å². The second kappa shape index (κ2) is 15.0. The van der Waals surface area contributed by atoms with Crippen molar-refractivity contribution in [3.63, 3.8) is 0 Å². The topological polar surface area (TPSA) is 12.5 Å². The Bertz CT molecular complexity index is 3120. The summed E-state index contributed by atoms with van der Waals surface area (Å²) < 4.78 is 7.01. The molecule has 0 atom stereocenters. The molecule has 0 saturated heterocycles. The van der Waals surface area contributed by atoms with Crippen molar-refractivity contribution in [2.75, 3.05) is 4.90 Å². The van der Waals surface area contributed by atoms with Crippen LogP contribution in [0.1, 0.15) is 5.56 Å². The van der Waals surface area contributed by atoms with Crippen molar-refractivity contribution < 1.29 is 4.74 Å². The molecule has 0 fully saturated rings. The van der Waals surface area contributed by atoms with E-state index in [-0.39, 0.29) is 6.71 Å². The van der Waals surface area contributed by atoms with E-state index in [2.05, 4.69) is 236 Å². The average molecular weight is 766 g/mol. The maximum Gasteiger partial charge on any atom is 0.242 e. The lowest BCUT2D eigenvalue weighted by atomic mass is 9.35. The van der Waals surface area contributed by atoms with Crippen molar-refractivity contribution >= 4 is 61.7 Å². The summed E-state index contributed by atoms with van der Waals surface area (Å²) in [6.45, 7) is 2.17. The molecule has 10 aromatic carbocycles. The molecular formula is C57H40BNO. The van der Waals surface area contributed by atoms with Crippen LogP contribution in [0.5, 0.6) is 11.5 Å². The predicted molar refractivity (Wildman–Crippen MR) is 255 cm³/mol. The third-order valence-corrected chi connectivity index (χ3v) is 12.0. The van der Waals surface area contributed by atoms with Gasteiger partial charge in [-0.2, -0.15) is 0 Å². The molecule has 60 heavy (non-hydrogen) atoms. The minimum atomic E-state index is 0.0286. The summed E-state index contributed by atoms with van der Waals surface area (Å²) >= 11 is 0. The van der Waals surface area contributed by atoms with Crippen LogP contribution < -0.4 is 26.0 Å². The van der Waals surface area contributed by atoms with Crippen LogP contribution in [0.15, 0.2) is 224 Å². The highest BCUT2D eigenvalue weighted by Gasteiger charge is 2.29. The van der Waals surface area contributed by atoms with Crippen LogP contribution in [-0.4, -0.2) is 6.71 Å². The smallest absolute Gasteiger partial charge is 0.242 e. The molecule has 10 aromatic rings. The number of benzene rings is 10. The van der Waals surface area contributed by atoms with E-state index in [1.165, 1.54) is 54.8 Å². The molecule has 1 aliphatic heterocycles. The largest absolute Gasteiger partial charge is 0.456 e. The number of nitrogens with zero attached hydrogens (tertiary/aromatic N) is 1. The van der Waals surface area contributed by atoms with Gasteiger partial charge < -0.3 is 9.64 Å². The number of fused-ring (bicyclic) bond motifs is 3. The molecule has 0 spiro atoms. The zero-order valence-electron chi connectivity index (χ0n) is 33.3. The zero-order valence-corrected chi connectivity index (χ0v) is 33.3. The summed E-state index contributed by atoms with van der Waals surface area (Å²) in [6.07, 6.45) is 0. The lowest BCUT2D eigenvalue weighted by Gasteiger charge is -2.29. The quantitative estimate of drug-likeness (QED) is 0.143. The molecule has 0 bridgehead atoms. The van der Waals surface area contributed by atoms with E-state index in [4.69, 9.17) is 4.74 Å². The molecule has 2 nitrogen and oxygen atoms in total. The monoisotopic (exact) mass is 765 g/mol. The number of anilines is 3. The highest BCUT2D eigenvalue weighted by Crippen LogP contribution is 2.49. The first-order valence-corrected chi connectivity index (χ1v) is 20.7. The maximum atomic E-state index is 7.01. The number of hydrogen-bond acceptors (Lipinski definition) is 2. The van der Waals surface area contributed by atoms with E-state index in [9.17, 15) is 0 Å². The normalized spacial score (nSPS) is 11.6. The third-order valence-electron chi connectivity index (χ3n) is 12.0. The molecule has 282 valence electrons. The first-order valence-electron chi connectivity index (χ1n) is 20.7. The summed E-state index contributed by atoms with van der Waals surface area (Å²) in [5.74, 6) is 1.71. The van der Waals surface area contributed by atoms with E-state index in [0.717, 1.165) is 50.6 Å². The minimum absolute atomic E-state index is 0.0286. The fraction of sp³-hybridized carbons (Fsp3) is 0.0175. The van der Waals surface area contributed by atoms with E-state index in [1.807, 2.05) is 0 Å². The Morgan fingerprint density at radius 1 is 0.383 bits per heavy atom. The number of hydrogen-bond donors (Lipinski definition) is 0. The number of rotatable bonds is 8. The Morgan fingerprint density at radius 3 is 1.70 bits per heavy atom. The summed E-state index contributed by atoms with van der Waals surface area (Å²) in [4.78, 5) is 2.36. The molecule has 0 N–H and O–H groups in total. The predicted octanol–water partition coefficient (Wildman–Crippen LogP) is 13.4. The molecule has 0 aromatic heterocycles. The van der Waals surface area contributed by atoms with E-state index < -0.39 is 0 Å². The van der Waals surface area contributed by atoms with Crippen LogP contribution in [0, 0.1) is 6.92 Å². The molecule has 0 saturated carbocycles. The van der Waals surface area contributed by atoms with E-state index in [0.29, 0.717) is 0 Å². The van der Waals surface area contributed by atoms with Crippen LogP contribution in [0.2, 0.25) is 0 Å². The fourth-order valence-electron chi connectivity index (χ4n) is 9.18. The molecule has 0 amide bonds. The van der Waals surface area contributed by atoms with Gasteiger partial charge in [-0.15, -0.1) is 0 Å². The summed E-state index contributed by atoms with van der Waals surface area (Å²) in [5, 5.41) is 4.87. The molecule has 3 heteroatoms. The number of aryl methyl sites for hydroxylation is 1. The van der Waals surface area contributed by atoms with Crippen LogP contribution in [0.4, 0.5) is 17.1 Å². The first kappa shape index (κ1) is 35.5. The first-order chi connectivity index (χ1) is 29.7. The number of ether oxygens (including phenoxy) is 1. The molecule has 0 radical (unpaired) electrons. The summed E-state index contributed by atoms with van der Waals surface area (Å²) in [6, 6.07) is 81.2. The Kier molecular flexibility index (Phi) is 8.86. The Balaban J connectivity index is 1.07. The van der Waals surface area contributed by atoms with Gasteiger partial charge in [-0.1, -0.05) is 192 Å². The Hall–Kier alpha value is -7.62. The van der Waals surface area contributed by atoms with Gasteiger partial charge in [-0.25, -0.2) is 0 Å². The van der Waals surface area contributed by atoms with Crippen molar-refractivity contribution in [3.05, 3.63) is 230 Å². The lowest BCUT2D eigenvalue weighted by Crippen LogP contribution is -2.52. The minimum Gasteiger partial charge on any atom is -0.456 e. The van der Waals surface area contributed by atoms with Gasteiger partial charge in [0, 0.05) is 34.1 Å². The Labute approximate surface area is 351 Å². The van der Waals surface area contributed by atoms with Gasteiger partial charge in [0.1, 0.15) is 11.5 Å². The van der Waals surface area contributed by atoms with Crippen molar-refractivity contribution in [1.29, 1.82) is 0 Å². The van der Waals surface area contributed by atoms with Crippen molar-refractivity contribution in [2.45, 2.75) is 6.92 Å². The Morgan fingerprint density at radius 2 is 0.967 bits per heavy atom. The van der Waals surface area contributed by atoms with Crippen LogP contribution in [0.25, 0.3) is 54.9 Å². The molecule has 11 rings (SSSR count). The second-order valence-corrected chi connectivity index (χ2v) is 15.7. The van der Waals surface area contributed by atoms with Crippen LogP contribution >= 0.6 is 0 Å². The van der Waals surface area contributed by atoms with E-state index in [1.54, 1.807) is 0 Å². The molecule has 0 unspecified atom stereocenters. The van der Waals surface area contributed by atoms with Gasteiger partial charge in [0.15, 0.2) is 0 Å². The van der Waals surface area contributed by atoms with E-state index >= 15 is 0 Å². The van der Waals surface area contributed by atoms with Gasteiger partial charge in [-0.05, 0) is 99.4 Å². The van der Waals surface area contributed by atoms with Crippen LogP contribution in [0.3, 0.4) is 0 Å². The average Bonchev–Trinajstić information content (AvgIpc) is 3.31. The van der Waals surface area contributed by atoms with Crippen molar-refractivity contribution in [3.8, 4) is 44.9 Å². The van der Waals surface area contributed by atoms with Gasteiger partial charge >= 0.3 is 0 Å². The van der Waals surface area contributed by atoms with Crippen molar-refractivity contribution in [2.24, 2.45) is 0 Å². The lowest BCUT2D eigenvalue weighted by molar-refractivity contribution is 0.487. The van der Waals surface area contributed by atoms with Gasteiger partial charge in [-0.3, -0.25) is 0 Å². The zero-order chi connectivity index (χ0) is 40.0. The SMILES string of the molecule is Cc1ccc(N(c2cc(-c3ccccc3)cc(-c3ccccc3)c2)c2ccc3c(c2)Oc2cccc4c(B(c5ccccc5)c5cccc6ccccc56)ccc-3c24)cc1. The second-order valence-electron chi connectivity index (χ2n) is 15.7. The molecule has 0 aliphatic carbocycles. The highest BCUT2D eigenvalue weighted by molar-refractivity contribution is 6.98. The maximum absolute atomic E-state index is 7.01. The molecular weight excluding hydrogens is 725 g/mol. The van der Waals surface area contributed by atoms with Gasteiger partial charge in [0.25, 0.3) is 0 Å². The fourth-order valence-corrected chi connectivity index (χ4v) is 9.18. The third kappa shape index (κ3) is 6.32. The van der Waals surface area contributed by atoms with Crippen molar-refractivity contribution in [1.82, 2.24) is 0 Å². The summed E-state index contributed by atoms with van der Waals surface area (Å²) in [7, 11) is 0. The molecule has 1 heterocycles. The highest BCUT2D eigenvalue weighted by atomic mass is 16.5. The summed E-state index contributed by atoms with van der Waals surface area (Å²) in [5.41, 5.74) is 15.1. The van der Waals surface area contributed by atoms with Gasteiger partial charge in [0.2, 0.25) is 6.71 Å². The van der Waals surface area contributed by atoms with Gasteiger partial charge in [0.05, 0.1) is 0 Å². The standard InChI is InChI=1S/C57H40BNO/c1-39-27-29-46(30-28-39)59(48-36-43(40-15-5-2-6-16-40)35-44(37-48)41-17-7-3-8-18-41)47-31-32-50-51-33-34-54(52-24-14-26-55(57(51)52)60-56(50)38-47)58(45-21-9-4-10-22-45)53-25-13-20-42-19-11-12-23-49(42)53/h2-38H,1H3. The molecule has 1 aliphatic rings.